The van der Waals surface area contributed by atoms with Crippen LogP contribution in [0, 0.1) is 17.6 Å². The second-order valence-electron chi connectivity index (χ2n) is 6.79. The molecule has 29 heavy (non-hydrogen) atoms. The zero-order valence-electron chi connectivity index (χ0n) is 15.3. The fourth-order valence-electron chi connectivity index (χ4n) is 3.22. The lowest BCUT2D eigenvalue weighted by atomic mass is 10.1. The molecule has 1 N–H and O–H groups in total. The SMILES string of the molecule is O=C(NCc1cc(-c2ccc(F)cc2)on1)[C@@H]1CC(=O)N(c2ccc(F)cc2)C1. The molecular weight excluding hydrogens is 380 g/mol. The first-order valence-electron chi connectivity index (χ1n) is 9.05. The summed E-state index contributed by atoms with van der Waals surface area (Å²) in [4.78, 5) is 26.2. The molecule has 8 heteroatoms. The van der Waals surface area contributed by atoms with Crippen molar-refractivity contribution in [3.05, 3.63) is 71.9 Å². The van der Waals surface area contributed by atoms with Crippen LogP contribution in [-0.2, 0) is 16.1 Å². The van der Waals surface area contributed by atoms with Crippen LogP contribution in [0.4, 0.5) is 14.5 Å². The van der Waals surface area contributed by atoms with Crippen molar-refractivity contribution in [3.8, 4) is 11.3 Å². The highest BCUT2D eigenvalue weighted by Gasteiger charge is 2.35. The second-order valence-corrected chi connectivity index (χ2v) is 6.79. The van der Waals surface area contributed by atoms with Crippen molar-refractivity contribution >= 4 is 17.5 Å². The number of rotatable bonds is 5. The van der Waals surface area contributed by atoms with E-state index in [4.69, 9.17) is 4.52 Å². The average Bonchev–Trinajstić information content (AvgIpc) is 3.34. The molecule has 0 aliphatic carbocycles. The molecule has 1 fully saturated rings. The molecule has 1 aromatic heterocycles. The Balaban J connectivity index is 1.35. The number of aromatic nitrogens is 1. The van der Waals surface area contributed by atoms with Crippen LogP contribution in [0.25, 0.3) is 11.3 Å². The van der Waals surface area contributed by atoms with Gasteiger partial charge in [-0.2, -0.15) is 0 Å². The zero-order valence-corrected chi connectivity index (χ0v) is 15.3. The van der Waals surface area contributed by atoms with Crippen molar-refractivity contribution in [2.45, 2.75) is 13.0 Å². The van der Waals surface area contributed by atoms with Crippen molar-refractivity contribution in [1.82, 2.24) is 10.5 Å². The molecule has 1 atom stereocenters. The molecule has 1 saturated heterocycles. The van der Waals surface area contributed by atoms with Gasteiger partial charge in [0, 0.05) is 30.3 Å². The normalized spacial score (nSPS) is 16.3. The van der Waals surface area contributed by atoms with Gasteiger partial charge in [0.05, 0.1) is 12.5 Å². The molecule has 2 aromatic carbocycles. The number of carbonyl (C=O) groups excluding carboxylic acids is 2. The molecule has 0 radical (unpaired) electrons. The van der Waals surface area contributed by atoms with Crippen LogP contribution in [0.15, 0.2) is 59.1 Å². The van der Waals surface area contributed by atoms with E-state index in [1.54, 1.807) is 18.2 Å². The van der Waals surface area contributed by atoms with Crippen molar-refractivity contribution in [3.63, 3.8) is 0 Å². The Morgan fingerprint density at radius 3 is 2.45 bits per heavy atom. The van der Waals surface area contributed by atoms with E-state index in [1.807, 2.05) is 0 Å². The Kier molecular flexibility index (Phi) is 5.07. The molecular formula is C21H17F2N3O3. The van der Waals surface area contributed by atoms with Crippen molar-refractivity contribution in [2.75, 3.05) is 11.4 Å². The summed E-state index contributed by atoms with van der Waals surface area (Å²) in [7, 11) is 0. The zero-order chi connectivity index (χ0) is 20.4. The molecule has 2 heterocycles. The van der Waals surface area contributed by atoms with E-state index in [1.165, 1.54) is 41.3 Å². The lowest BCUT2D eigenvalue weighted by Crippen LogP contribution is -2.32. The van der Waals surface area contributed by atoms with Crippen LogP contribution >= 0.6 is 0 Å². The highest BCUT2D eigenvalue weighted by molar-refractivity contribution is 6.00. The molecule has 1 aliphatic rings. The summed E-state index contributed by atoms with van der Waals surface area (Å²) < 4.78 is 31.3. The van der Waals surface area contributed by atoms with Gasteiger partial charge in [-0.15, -0.1) is 0 Å². The van der Waals surface area contributed by atoms with Gasteiger partial charge in [0.1, 0.15) is 17.3 Å². The highest BCUT2D eigenvalue weighted by atomic mass is 19.1. The fraction of sp³-hybridized carbons (Fsp3) is 0.190. The highest BCUT2D eigenvalue weighted by Crippen LogP contribution is 2.26. The first-order chi connectivity index (χ1) is 14.0. The van der Waals surface area contributed by atoms with Crippen LogP contribution in [0.2, 0.25) is 0 Å². The third kappa shape index (κ3) is 4.16. The lowest BCUT2D eigenvalue weighted by molar-refractivity contribution is -0.126. The fourth-order valence-corrected chi connectivity index (χ4v) is 3.22. The molecule has 2 amide bonds. The second kappa shape index (κ2) is 7.83. The van der Waals surface area contributed by atoms with Crippen molar-refractivity contribution in [1.29, 1.82) is 0 Å². The van der Waals surface area contributed by atoms with E-state index in [0.29, 0.717) is 22.7 Å². The van der Waals surface area contributed by atoms with Gasteiger partial charge in [-0.05, 0) is 48.5 Å². The van der Waals surface area contributed by atoms with Gasteiger partial charge in [0.15, 0.2) is 5.76 Å². The maximum absolute atomic E-state index is 13.1. The van der Waals surface area contributed by atoms with E-state index in [0.717, 1.165) is 0 Å². The number of amides is 2. The maximum atomic E-state index is 13.1. The van der Waals surface area contributed by atoms with E-state index >= 15 is 0 Å². The van der Waals surface area contributed by atoms with Crippen LogP contribution in [0.5, 0.6) is 0 Å². The van der Waals surface area contributed by atoms with Crippen LogP contribution in [0.1, 0.15) is 12.1 Å². The van der Waals surface area contributed by atoms with Crippen LogP contribution in [0.3, 0.4) is 0 Å². The summed E-state index contributed by atoms with van der Waals surface area (Å²) in [6.45, 7) is 0.376. The summed E-state index contributed by atoms with van der Waals surface area (Å²) in [5, 5.41) is 6.66. The number of halogens is 2. The summed E-state index contributed by atoms with van der Waals surface area (Å²) in [5.41, 5.74) is 1.75. The predicted octanol–water partition coefficient (Wildman–Crippen LogP) is 3.29. The van der Waals surface area contributed by atoms with E-state index in [9.17, 15) is 18.4 Å². The van der Waals surface area contributed by atoms with Gasteiger partial charge in [-0.3, -0.25) is 9.59 Å². The number of hydrogen-bond donors (Lipinski definition) is 1. The summed E-state index contributed by atoms with van der Waals surface area (Å²) in [6, 6.07) is 13.0. The third-order valence-corrected chi connectivity index (χ3v) is 4.77. The molecule has 4 rings (SSSR count). The van der Waals surface area contributed by atoms with E-state index < -0.39 is 5.92 Å². The number of nitrogens with one attached hydrogen (secondary N) is 1. The minimum Gasteiger partial charge on any atom is -0.356 e. The van der Waals surface area contributed by atoms with Gasteiger partial charge in [-0.1, -0.05) is 5.16 Å². The van der Waals surface area contributed by atoms with E-state index in [-0.39, 0.29) is 43.0 Å². The van der Waals surface area contributed by atoms with Crippen LogP contribution < -0.4 is 10.2 Å². The molecule has 0 spiro atoms. The Labute approximate surface area is 165 Å². The minimum absolute atomic E-state index is 0.0862. The summed E-state index contributed by atoms with van der Waals surface area (Å²) >= 11 is 0. The molecule has 148 valence electrons. The largest absolute Gasteiger partial charge is 0.356 e. The van der Waals surface area contributed by atoms with E-state index in [2.05, 4.69) is 10.5 Å². The average molecular weight is 397 g/mol. The number of benzene rings is 2. The Morgan fingerprint density at radius 1 is 1.10 bits per heavy atom. The lowest BCUT2D eigenvalue weighted by Gasteiger charge is -2.16. The monoisotopic (exact) mass is 397 g/mol. The predicted molar refractivity (Wildman–Crippen MR) is 101 cm³/mol. The third-order valence-electron chi connectivity index (χ3n) is 4.77. The Hall–Kier alpha value is -3.55. The van der Waals surface area contributed by atoms with Crippen molar-refractivity contribution in [2.24, 2.45) is 5.92 Å². The molecule has 0 bridgehead atoms. The van der Waals surface area contributed by atoms with Gasteiger partial charge in [-0.25, -0.2) is 8.78 Å². The first kappa shape index (κ1) is 18.8. The van der Waals surface area contributed by atoms with Gasteiger partial charge in [0.2, 0.25) is 11.8 Å². The number of hydrogen-bond acceptors (Lipinski definition) is 4. The maximum Gasteiger partial charge on any atom is 0.227 e. The van der Waals surface area contributed by atoms with Gasteiger partial charge < -0.3 is 14.7 Å². The first-order valence-corrected chi connectivity index (χ1v) is 9.05. The summed E-state index contributed by atoms with van der Waals surface area (Å²) in [5.74, 6) is -1.22. The minimum atomic E-state index is -0.504. The molecule has 0 unspecified atom stereocenters. The molecule has 0 saturated carbocycles. The summed E-state index contributed by atoms with van der Waals surface area (Å²) in [6.07, 6.45) is 0.0862. The quantitative estimate of drug-likeness (QED) is 0.717. The van der Waals surface area contributed by atoms with Crippen LogP contribution in [-0.4, -0.2) is 23.5 Å². The number of nitrogens with zero attached hydrogens (tertiary/aromatic N) is 2. The number of anilines is 1. The molecule has 6 nitrogen and oxygen atoms in total. The molecule has 3 aromatic rings. The Bertz CT molecular complexity index is 1030. The van der Waals surface area contributed by atoms with Crippen molar-refractivity contribution < 1.29 is 22.9 Å². The number of carbonyl (C=O) groups is 2. The standard InChI is InChI=1S/C21H17F2N3O3/c22-15-3-1-13(2-4-15)19-10-17(25-29-19)11-24-21(28)14-9-20(27)26(12-14)18-7-5-16(23)6-8-18/h1-8,10,14H,9,11-12H2,(H,24,28)/t14-/m1/s1. The van der Waals surface area contributed by atoms with Gasteiger partial charge >= 0.3 is 0 Å². The smallest absolute Gasteiger partial charge is 0.227 e. The molecule has 1 aliphatic heterocycles. The topological polar surface area (TPSA) is 75.4 Å². The van der Waals surface area contributed by atoms with Gasteiger partial charge in [0.25, 0.3) is 0 Å². The Morgan fingerprint density at radius 2 is 1.76 bits per heavy atom.